The topological polar surface area (TPSA) is 30.5 Å². The van der Waals surface area contributed by atoms with Gasteiger partial charge in [-0.3, -0.25) is 0 Å². The first-order valence-corrected chi connectivity index (χ1v) is 9.24. The first-order chi connectivity index (χ1) is 11.9. The molecule has 1 atom stereocenters. The van der Waals surface area contributed by atoms with Crippen LogP contribution in [0, 0.1) is 0 Å². The third-order valence-electron chi connectivity index (χ3n) is 3.94. The molecule has 0 aliphatic carbocycles. The van der Waals surface area contributed by atoms with Crippen LogP contribution in [0.25, 0.3) is 0 Å². The number of benzene rings is 2. The Morgan fingerprint density at radius 2 is 1.84 bits per heavy atom. The second-order valence-electron chi connectivity index (χ2n) is 5.82. The highest BCUT2D eigenvalue weighted by molar-refractivity contribution is 6.35. The average molecular weight is 403 g/mol. The van der Waals surface area contributed by atoms with E-state index in [-0.39, 0.29) is 6.61 Å². The highest BCUT2D eigenvalue weighted by Crippen LogP contribution is 2.37. The molecule has 0 spiro atoms. The van der Waals surface area contributed by atoms with E-state index in [1.165, 1.54) is 0 Å². The van der Waals surface area contributed by atoms with Crippen LogP contribution in [0.4, 0.5) is 0 Å². The van der Waals surface area contributed by atoms with E-state index in [1.807, 2.05) is 18.2 Å². The summed E-state index contributed by atoms with van der Waals surface area (Å²) in [5, 5.41) is 5.08. The minimum absolute atomic E-state index is 0.274. The van der Waals surface area contributed by atoms with Gasteiger partial charge in [-0.2, -0.15) is 0 Å². The lowest BCUT2D eigenvalue weighted by molar-refractivity contribution is 0.284. The third-order valence-corrected chi connectivity index (χ3v) is 4.81. The van der Waals surface area contributed by atoms with Crippen LogP contribution in [0.15, 0.2) is 30.3 Å². The van der Waals surface area contributed by atoms with Crippen LogP contribution >= 0.6 is 34.8 Å². The molecular formula is C19H22Cl3NO2. The van der Waals surface area contributed by atoms with Gasteiger partial charge in [0.05, 0.1) is 12.1 Å². The average Bonchev–Trinajstić information content (AvgIpc) is 2.59. The summed E-state index contributed by atoms with van der Waals surface area (Å²) in [6, 6.07) is 9.54. The van der Waals surface area contributed by atoms with Crippen LogP contribution in [0.1, 0.15) is 31.4 Å². The second-order valence-corrected chi connectivity index (χ2v) is 7.07. The van der Waals surface area contributed by atoms with Crippen LogP contribution < -0.4 is 14.8 Å². The molecule has 0 aromatic heterocycles. The molecule has 0 aliphatic rings. The van der Waals surface area contributed by atoms with E-state index in [9.17, 15) is 0 Å². The van der Waals surface area contributed by atoms with Gasteiger partial charge in [-0.25, -0.2) is 0 Å². The highest BCUT2D eigenvalue weighted by atomic mass is 35.5. The van der Waals surface area contributed by atoms with Crippen molar-refractivity contribution < 1.29 is 9.47 Å². The molecule has 0 heterocycles. The SMILES string of the molecule is CC[C@@H](C)NCc1cc(Cl)c(OCc2ccc(Cl)cc2Cl)c(OC)c1. The van der Waals surface area contributed by atoms with Gasteiger partial charge >= 0.3 is 0 Å². The molecule has 3 nitrogen and oxygen atoms in total. The fourth-order valence-electron chi connectivity index (χ4n) is 2.24. The minimum Gasteiger partial charge on any atom is -0.493 e. The lowest BCUT2D eigenvalue weighted by atomic mass is 10.1. The summed E-state index contributed by atoms with van der Waals surface area (Å²) in [5.74, 6) is 1.10. The number of hydrogen-bond acceptors (Lipinski definition) is 3. The molecule has 2 aromatic rings. The van der Waals surface area contributed by atoms with Crippen molar-refractivity contribution in [1.82, 2.24) is 5.32 Å². The second kappa shape index (κ2) is 9.54. The van der Waals surface area contributed by atoms with Crippen molar-refractivity contribution in [1.29, 1.82) is 0 Å². The summed E-state index contributed by atoms with van der Waals surface area (Å²) in [5.41, 5.74) is 1.87. The largest absolute Gasteiger partial charge is 0.493 e. The van der Waals surface area contributed by atoms with E-state index < -0.39 is 0 Å². The first kappa shape index (κ1) is 20.2. The number of rotatable bonds is 8. The molecular weight excluding hydrogens is 381 g/mol. The van der Waals surface area contributed by atoms with Crippen molar-refractivity contribution in [2.45, 2.75) is 39.5 Å². The van der Waals surface area contributed by atoms with Crippen LogP contribution in [0.2, 0.25) is 15.1 Å². The van der Waals surface area contributed by atoms with E-state index in [1.54, 1.807) is 19.2 Å². The zero-order chi connectivity index (χ0) is 18.4. The molecule has 2 aromatic carbocycles. The predicted octanol–water partition coefficient (Wildman–Crippen LogP) is 6.12. The Hall–Kier alpha value is -1.13. The number of halogens is 3. The fourth-order valence-corrected chi connectivity index (χ4v) is 2.99. The zero-order valence-electron chi connectivity index (χ0n) is 14.5. The van der Waals surface area contributed by atoms with Crippen LogP contribution in [0.5, 0.6) is 11.5 Å². The lowest BCUT2D eigenvalue weighted by Gasteiger charge is -2.16. The normalized spacial score (nSPS) is 12.1. The van der Waals surface area contributed by atoms with Gasteiger partial charge in [0, 0.05) is 28.2 Å². The van der Waals surface area contributed by atoms with E-state index in [4.69, 9.17) is 44.3 Å². The van der Waals surface area contributed by atoms with E-state index in [2.05, 4.69) is 19.2 Å². The zero-order valence-corrected chi connectivity index (χ0v) is 16.8. The van der Waals surface area contributed by atoms with E-state index >= 15 is 0 Å². The molecule has 0 saturated carbocycles. The number of hydrogen-bond donors (Lipinski definition) is 1. The van der Waals surface area contributed by atoms with Crippen molar-refractivity contribution in [3.8, 4) is 11.5 Å². The number of methoxy groups -OCH3 is 1. The Bertz CT molecular complexity index is 722. The molecule has 1 N–H and O–H groups in total. The van der Waals surface area contributed by atoms with Gasteiger partial charge in [0.2, 0.25) is 0 Å². The maximum absolute atomic E-state index is 6.41. The van der Waals surface area contributed by atoms with Crippen molar-refractivity contribution in [3.05, 3.63) is 56.5 Å². The molecule has 6 heteroatoms. The van der Waals surface area contributed by atoms with Crippen molar-refractivity contribution in [2.75, 3.05) is 7.11 Å². The standard InChI is InChI=1S/C19H22Cl3NO2/c1-4-12(2)23-10-13-7-17(22)19(18(8-13)24-3)25-11-14-5-6-15(20)9-16(14)21/h5-9,12,23H,4,10-11H2,1-3H3/t12-/m1/s1. The summed E-state index contributed by atoms with van der Waals surface area (Å²) in [6.45, 7) is 5.28. The molecule has 0 saturated heterocycles. The molecule has 0 amide bonds. The quantitative estimate of drug-likeness (QED) is 0.576. The van der Waals surface area contributed by atoms with Gasteiger partial charge in [0.25, 0.3) is 0 Å². The van der Waals surface area contributed by atoms with Gasteiger partial charge in [0.15, 0.2) is 11.5 Å². The lowest BCUT2D eigenvalue weighted by Crippen LogP contribution is -2.24. The van der Waals surface area contributed by atoms with Gasteiger partial charge in [-0.05, 0) is 43.2 Å². The Balaban J connectivity index is 2.14. The van der Waals surface area contributed by atoms with E-state index in [0.29, 0.717) is 39.2 Å². The van der Waals surface area contributed by atoms with E-state index in [0.717, 1.165) is 17.5 Å². The third kappa shape index (κ3) is 5.68. The van der Waals surface area contributed by atoms with Crippen LogP contribution in [-0.2, 0) is 13.2 Å². The summed E-state index contributed by atoms with van der Waals surface area (Å²) >= 11 is 18.5. The predicted molar refractivity (Wildman–Crippen MR) is 105 cm³/mol. The molecule has 0 radical (unpaired) electrons. The maximum Gasteiger partial charge on any atom is 0.180 e. The Kier molecular flexibility index (Phi) is 7.70. The molecule has 136 valence electrons. The number of nitrogens with one attached hydrogen (secondary N) is 1. The minimum atomic E-state index is 0.274. The van der Waals surface area contributed by atoms with Gasteiger partial charge < -0.3 is 14.8 Å². The van der Waals surface area contributed by atoms with Crippen molar-refractivity contribution in [3.63, 3.8) is 0 Å². The van der Waals surface area contributed by atoms with Crippen LogP contribution in [0.3, 0.4) is 0 Å². The summed E-state index contributed by atoms with van der Waals surface area (Å²) < 4.78 is 11.3. The molecule has 0 fully saturated rings. The summed E-state index contributed by atoms with van der Waals surface area (Å²) in [6.07, 6.45) is 1.06. The summed E-state index contributed by atoms with van der Waals surface area (Å²) in [7, 11) is 1.60. The highest BCUT2D eigenvalue weighted by Gasteiger charge is 2.13. The van der Waals surface area contributed by atoms with Gasteiger partial charge in [-0.15, -0.1) is 0 Å². The Morgan fingerprint density at radius 3 is 2.48 bits per heavy atom. The molecule has 2 rings (SSSR count). The molecule has 0 unspecified atom stereocenters. The number of ether oxygens (including phenoxy) is 2. The molecule has 0 bridgehead atoms. The fraction of sp³-hybridized carbons (Fsp3) is 0.368. The first-order valence-electron chi connectivity index (χ1n) is 8.11. The van der Waals surface area contributed by atoms with Crippen molar-refractivity contribution in [2.24, 2.45) is 0 Å². The Morgan fingerprint density at radius 1 is 1.08 bits per heavy atom. The van der Waals surface area contributed by atoms with Gasteiger partial charge in [-0.1, -0.05) is 47.8 Å². The van der Waals surface area contributed by atoms with Crippen LogP contribution in [-0.4, -0.2) is 13.2 Å². The van der Waals surface area contributed by atoms with Gasteiger partial charge in [0.1, 0.15) is 6.61 Å². The summed E-state index contributed by atoms with van der Waals surface area (Å²) in [4.78, 5) is 0. The van der Waals surface area contributed by atoms with Crippen molar-refractivity contribution >= 4 is 34.8 Å². The Labute approximate surface area is 164 Å². The monoisotopic (exact) mass is 401 g/mol. The molecule has 0 aliphatic heterocycles. The smallest absolute Gasteiger partial charge is 0.180 e. The maximum atomic E-state index is 6.41. The molecule has 25 heavy (non-hydrogen) atoms.